The minimum absolute atomic E-state index is 0.576. The summed E-state index contributed by atoms with van der Waals surface area (Å²) in [5.41, 5.74) is 14.3. The molecule has 0 fully saturated rings. The lowest BCUT2D eigenvalue weighted by atomic mass is 10.0. The predicted molar refractivity (Wildman–Crippen MR) is 91.6 cm³/mol. The molecule has 23 heavy (non-hydrogen) atoms. The Balaban J connectivity index is 2.28. The van der Waals surface area contributed by atoms with Gasteiger partial charge in [-0.15, -0.1) is 0 Å². The van der Waals surface area contributed by atoms with Crippen LogP contribution < -0.4 is 11.5 Å². The smallest absolute Gasteiger partial charge is 0.109 e. The predicted octanol–water partition coefficient (Wildman–Crippen LogP) is 2.41. The molecule has 0 aliphatic carbocycles. The summed E-state index contributed by atoms with van der Waals surface area (Å²) in [4.78, 5) is 0. The summed E-state index contributed by atoms with van der Waals surface area (Å²) in [6.45, 7) is 3.31. The van der Waals surface area contributed by atoms with E-state index in [0.29, 0.717) is 11.4 Å². The third kappa shape index (κ3) is 4.45. The van der Waals surface area contributed by atoms with Gasteiger partial charge in [0.1, 0.15) is 12.2 Å². The van der Waals surface area contributed by atoms with Crippen LogP contribution in [0, 0.1) is 0 Å². The van der Waals surface area contributed by atoms with E-state index in [0.717, 1.165) is 11.1 Å². The van der Waals surface area contributed by atoms with Gasteiger partial charge in [0.05, 0.1) is 12.2 Å². The van der Waals surface area contributed by atoms with Crippen molar-refractivity contribution in [2.24, 2.45) is 0 Å². The highest BCUT2D eigenvalue weighted by atomic mass is 16.5. The lowest BCUT2D eigenvalue weighted by Crippen LogP contribution is -2.26. The van der Waals surface area contributed by atoms with Crippen LogP contribution in [0.2, 0.25) is 0 Å². The number of anilines is 2. The zero-order chi connectivity index (χ0) is 17.0. The molecule has 2 aromatic carbocycles. The van der Waals surface area contributed by atoms with E-state index in [9.17, 15) is 10.2 Å². The van der Waals surface area contributed by atoms with Crippen molar-refractivity contribution in [3.05, 3.63) is 59.7 Å². The first-order valence-corrected chi connectivity index (χ1v) is 7.61. The summed E-state index contributed by atoms with van der Waals surface area (Å²) >= 11 is 0. The summed E-state index contributed by atoms with van der Waals surface area (Å²) in [7, 11) is 0. The first-order valence-electron chi connectivity index (χ1n) is 7.61. The Labute approximate surface area is 136 Å². The Kier molecular flexibility index (Phi) is 5.60. The van der Waals surface area contributed by atoms with Crippen LogP contribution in [0.4, 0.5) is 11.4 Å². The van der Waals surface area contributed by atoms with Crippen LogP contribution in [0.3, 0.4) is 0 Å². The van der Waals surface area contributed by atoms with Crippen molar-refractivity contribution >= 4 is 11.4 Å². The van der Waals surface area contributed by atoms with Gasteiger partial charge in [-0.25, -0.2) is 0 Å². The molecule has 4 unspecified atom stereocenters. The minimum atomic E-state index is -0.742. The third-order valence-corrected chi connectivity index (χ3v) is 3.70. The van der Waals surface area contributed by atoms with Gasteiger partial charge in [-0.05, 0) is 49.2 Å². The molecule has 0 saturated heterocycles. The molecule has 0 spiro atoms. The zero-order valence-corrected chi connectivity index (χ0v) is 13.4. The van der Waals surface area contributed by atoms with Crippen LogP contribution in [-0.4, -0.2) is 22.4 Å². The lowest BCUT2D eigenvalue weighted by Gasteiger charge is -2.29. The number of aliphatic hydroxyl groups is 2. The fourth-order valence-corrected chi connectivity index (χ4v) is 2.47. The molecule has 6 N–H and O–H groups in total. The summed E-state index contributed by atoms with van der Waals surface area (Å²) in [5, 5.41) is 20.2. The van der Waals surface area contributed by atoms with Crippen molar-refractivity contribution in [1.82, 2.24) is 0 Å². The molecule has 0 aliphatic heterocycles. The normalized spacial score (nSPS) is 16.5. The first kappa shape index (κ1) is 17.3. The van der Waals surface area contributed by atoms with E-state index in [1.54, 1.807) is 38.1 Å². The van der Waals surface area contributed by atoms with E-state index in [1.165, 1.54) is 0 Å². The Hall–Kier alpha value is -2.08. The van der Waals surface area contributed by atoms with Crippen molar-refractivity contribution in [3.8, 4) is 0 Å². The van der Waals surface area contributed by atoms with Crippen LogP contribution in [0.15, 0.2) is 48.5 Å². The van der Waals surface area contributed by atoms with Gasteiger partial charge in [0.15, 0.2) is 0 Å². The second-order valence-electron chi connectivity index (χ2n) is 5.79. The van der Waals surface area contributed by atoms with Gasteiger partial charge >= 0.3 is 0 Å². The maximum Gasteiger partial charge on any atom is 0.109 e. The van der Waals surface area contributed by atoms with Gasteiger partial charge in [0, 0.05) is 11.4 Å². The number of rotatable bonds is 6. The van der Waals surface area contributed by atoms with Gasteiger partial charge < -0.3 is 26.4 Å². The molecule has 4 atom stereocenters. The number of aliphatic hydroxyl groups excluding tert-OH is 2. The molecular formula is C18H24N2O3. The fraction of sp³-hybridized carbons (Fsp3) is 0.333. The SMILES string of the molecule is CC(O)C(OC(c1ccc(N)cc1)C(C)O)c1ccc(N)cc1. The highest BCUT2D eigenvalue weighted by Gasteiger charge is 2.26. The Morgan fingerprint density at radius 3 is 1.26 bits per heavy atom. The number of nitrogens with two attached hydrogens (primary N) is 2. The Bertz CT molecular complexity index is 554. The van der Waals surface area contributed by atoms with E-state index < -0.39 is 24.4 Å². The molecule has 0 amide bonds. The second kappa shape index (κ2) is 7.46. The maximum atomic E-state index is 10.1. The van der Waals surface area contributed by atoms with E-state index in [1.807, 2.05) is 24.3 Å². The van der Waals surface area contributed by atoms with Crippen LogP contribution in [0.25, 0.3) is 0 Å². The van der Waals surface area contributed by atoms with Crippen LogP contribution in [0.1, 0.15) is 37.2 Å². The molecule has 2 aromatic rings. The van der Waals surface area contributed by atoms with Crippen molar-refractivity contribution in [1.29, 1.82) is 0 Å². The van der Waals surface area contributed by atoms with Gasteiger partial charge in [0.25, 0.3) is 0 Å². The molecule has 0 bridgehead atoms. The standard InChI is InChI=1S/C18H24N2O3/c1-11(21)17(13-3-7-15(19)8-4-13)23-18(12(2)22)14-5-9-16(20)10-6-14/h3-12,17-18,21-22H,19-20H2,1-2H3. The Morgan fingerprint density at radius 2 is 1.00 bits per heavy atom. The van der Waals surface area contributed by atoms with Gasteiger partial charge in [-0.1, -0.05) is 24.3 Å². The van der Waals surface area contributed by atoms with Crippen molar-refractivity contribution in [2.75, 3.05) is 11.5 Å². The summed E-state index contributed by atoms with van der Waals surface area (Å²) in [6.07, 6.45) is -2.64. The largest absolute Gasteiger partial charge is 0.399 e. The van der Waals surface area contributed by atoms with Gasteiger partial charge in [-0.3, -0.25) is 0 Å². The highest BCUT2D eigenvalue weighted by molar-refractivity contribution is 5.41. The van der Waals surface area contributed by atoms with Crippen LogP contribution in [0.5, 0.6) is 0 Å². The molecular weight excluding hydrogens is 292 g/mol. The molecule has 0 radical (unpaired) electrons. The maximum absolute atomic E-state index is 10.1. The minimum Gasteiger partial charge on any atom is -0.399 e. The first-order chi connectivity index (χ1) is 10.9. The molecule has 2 rings (SSSR count). The molecule has 0 aromatic heterocycles. The number of hydrogen-bond acceptors (Lipinski definition) is 5. The molecule has 0 saturated carbocycles. The summed E-state index contributed by atoms with van der Waals surface area (Å²) in [5.74, 6) is 0. The number of nitrogen functional groups attached to an aromatic ring is 2. The van der Waals surface area contributed by atoms with E-state index in [-0.39, 0.29) is 0 Å². The lowest BCUT2D eigenvalue weighted by molar-refractivity contribution is -0.113. The highest BCUT2D eigenvalue weighted by Crippen LogP contribution is 2.32. The van der Waals surface area contributed by atoms with E-state index >= 15 is 0 Å². The second-order valence-corrected chi connectivity index (χ2v) is 5.79. The fourth-order valence-electron chi connectivity index (χ4n) is 2.47. The zero-order valence-electron chi connectivity index (χ0n) is 13.4. The summed E-state index contributed by atoms with van der Waals surface area (Å²) in [6, 6.07) is 14.3. The molecule has 5 nitrogen and oxygen atoms in total. The number of ether oxygens (including phenoxy) is 1. The molecule has 124 valence electrons. The van der Waals surface area contributed by atoms with Crippen molar-refractivity contribution in [3.63, 3.8) is 0 Å². The Morgan fingerprint density at radius 1 is 0.696 bits per heavy atom. The average molecular weight is 316 g/mol. The van der Waals surface area contributed by atoms with Crippen LogP contribution in [-0.2, 0) is 4.74 Å². The average Bonchev–Trinajstić information content (AvgIpc) is 2.50. The van der Waals surface area contributed by atoms with Crippen molar-refractivity contribution < 1.29 is 14.9 Å². The van der Waals surface area contributed by atoms with E-state index in [2.05, 4.69) is 0 Å². The molecule has 0 heterocycles. The van der Waals surface area contributed by atoms with Gasteiger partial charge in [-0.2, -0.15) is 0 Å². The van der Waals surface area contributed by atoms with Crippen LogP contribution >= 0.6 is 0 Å². The quantitative estimate of drug-likeness (QED) is 0.613. The monoisotopic (exact) mass is 316 g/mol. The number of benzene rings is 2. The van der Waals surface area contributed by atoms with E-state index in [4.69, 9.17) is 16.2 Å². The number of hydrogen-bond donors (Lipinski definition) is 4. The van der Waals surface area contributed by atoms with Crippen molar-refractivity contribution in [2.45, 2.75) is 38.3 Å². The topological polar surface area (TPSA) is 102 Å². The third-order valence-electron chi connectivity index (χ3n) is 3.70. The summed E-state index contributed by atoms with van der Waals surface area (Å²) < 4.78 is 6.04. The molecule has 0 aliphatic rings. The van der Waals surface area contributed by atoms with Gasteiger partial charge in [0.2, 0.25) is 0 Å². The molecule has 5 heteroatoms.